The fraction of sp³-hybridized carbons (Fsp3) is 0.429. The molecule has 0 aliphatic heterocycles. The Kier molecular flexibility index (Phi) is 4.44. The zero-order chi connectivity index (χ0) is 14.0. The van der Waals surface area contributed by atoms with Crippen LogP contribution in [0.25, 0.3) is 0 Å². The number of carboxylic acids is 1. The lowest BCUT2D eigenvalue weighted by Crippen LogP contribution is -2.33. The van der Waals surface area contributed by atoms with Crippen LogP contribution in [-0.2, 0) is 4.79 Å². The molecule has 1 fully saturated rings. The zero-order valence-electron chi connectivity index (χ0n) is 10.6. The number of hydrogen-bond donors (Lipinski definition) is 2. The molecule has 2 N–H and O–H groups in total. The Hall–Kier alpha value is -1.11. The van der Waals surface area contributed by atoms with Crippen LogP contribution in [0.3, 0.4) is 0 Å². The van der Waals surface area contributed by atoms with Crippen LogP contribution < -0.4 is 5.32 Å². The fourth-order valence-electron chi connectivity index (χ4n) is 2.42. The first-order valence-electron chi connectivity index (χ1n) is 6.28. The van der Waals surface area contributed by atoms with Crippen molar-refractivity contribution >= 4 is 34.5 Å². The first-order valence-corrected chi connectivity index (χ1v) is 7.35. The van der Waals surface area contributed by atoms with E-state index in [2.05, 4.69) is 27.9 Å². The number of halogens is 1. The third kappa shape index (κ3) is 3.26. The Morgan fingerprint density at radius 3 is 2.74 bits per heavy atom. The molecule has 2 rings (SSSR count). The number of carboxylic acid groups (broad SMARTS) is 1. The highest BCUT2D eigenvalue weighted by Crippen LogP contribution is 2.26. The summed E-state index contributed by atoms with van der Waals surface area (Å²) in [6.07, 6.45) is 1.92. The molecule has 1 saturated carbocycles. The van der Waals surface area contributed by atoms with Gasteiger partial charge in [0.05, 0.1) is 11.5 Å². The van der Waals surface area contributed by atoms with Gasteiger partial charge < -0.3 is 10.4 Å². The molecule has 1 amide bonds. The van der Waals surface area contributed by atoms with Crippen LogP contribution in [0.2, 0.25) is 0 Å². The first-order chi connectivity index (χ1) is 8.99. The number of hydrogen-bond acceptors (Lipinski definition) is 2. The minimum Gasteiger partial charge on any atom is -0.481 e. The average Bonchev–Trinajstić information content (AvgIpc) is 2.81. The molecule has 0 radical (unpaired) electrons. The molecule has 19 heavy (non-hydrogen) atoms. The SMILES string of the molecule is Cc1cccc(C(=O)N[C@H]2CC[C@@H](C(=O)O)C2)c1I. The van der Waals surface area contributed by atoms with E-state index in [1.54, 1.807) is 6.07 Å². The van der Waals surface area contributed by atoms with Crippen LogP contribution >= 0.6 is 22.6 Å². The molecule has 1 aliphatic carbocycles. The van der Waals surface area contributed by atoms with Crippen LogP contribution in [0.4, 0.5) is 0 Å². The van der Waals surface area contributed by atoms with Gasteiger partial charge in [0.1, 0.15) is 0 Å². The van der Waals surface area contributed by atoms with Crippen molar-refractivity contribution in [2.45, 2.75) is 32.2 Å². The topological polar surface area (TPSA) is 66.4 Å². The summed E-state index contributed by atoms with van der Waals surface area (Å²) in [7, 11) is 0. The van der Waals surface area contributed by atoms with Gasteiger partial charge in [-0.1, -0.05) is 12.1 Å². The zero-order valence-corrected chi connectivity index (χ0v) is 12.8. The molecule has 1 aromatic rings. The number of amides is 1. The number of nitrogens with one attached hydrogen (secondary N) is 1. The van der Waals surface area contributed by atoms with E-state index in [9.17, 15) is 9.59 Å². The van der Waals surface area contributed by atoms with E-state index in [0.717, 1.165) is 15.6 Å². The third-order valence-electron chi connectivity index (χ3n) is 3.55. The summed E-state index contributed by atoms with van der Waals surface area (Å²) in [5.41, 5.74) is 1.74. The monoisotopic (exact) mass is 373 g/mol. The van der Waals surface area contributed by atoms with Crippen molar-refractivity contribution in [3.63, 3.8) is 0 Å². The molecule has 0 spiro atoms. The lowest BCUT2D eigenvalue weighted by Gasteiger charge is -2.14. The van der Waals surface area contributed by atoms with Gasteiger partial charge in [-0.3, -0.25) is 9.59 Å². The molecule has 0 unspecified atom stereocenters. The first kappa shape index (κ1) is 14.3. The molecule has 1 aliphatic rings. The summed E-state index contributed by atoms with van der Waals surface area (Å²) in [5.74, 6) is -1.19. The van der Waals surface area contributed by atoms with Crippen LogP contribution in [0, 0.1) is 16.4 Å². The molecule has 0 heterocycles. The van der Waals surface area contributed by atoms with E-state index < -0.39 is 5.97 Å². The maximum absolute atomic E-state index is 12.2. The van der Waals surface area contributed by atoms with E-state index in [-0.39, 0.29) is 17.9 Å². The molecule has 4 nitrogen and oxygen atoms in total. The van der Waals surface area contributed by atoms with E-state index in [4.69, 9.17) is 5.11 Å². The van der Waals surface area contributed by atoms with Gasteiger partial charge in [0.25, 0.3) is 5.91 Å². The summed E-state index contributed by atoms with van der Waals surface area (Å²) < 4.78 is 0.949. The van der Waals surface area contributed by atoms with E-state index in [1.807, 2.05) is 19.1 Å². The molecule has 2 atom stereocenters. The van der Waals surface area contributed by atoms with E-state index >= 15 is 0 Å². The van der Waals surface area contributed by atoms with Crippen LogP contribution in [-0.4, -0.2) is 23.0 Å². The molecule has 0 aromatic heterocycles. The maximum Gasteiger partial charge on any atom is 0.306 e. The van der Waals surface area contributed by atoms with Crippen molar-refractivity contribution in [1.29, 1.82) is 0 Å². The van der Waals surface area contributed by atoms with Gasteiger partial charge in [-0.15, -0.1) is 0 Å². The summed E-state index contributed by atoms with van der Waals surface area (Å²) in [6.45, 7) is 1.97. The molecule has 1 aromatic carbocycles. The van der Waals surface area contributed by atoms with Gasteiger partial charge in [-0.25, -0.2) is 0 Å². The van der Waals surface area contributed by atoms with E-state index in [1.165, 1.54) is 0 Å². The highest BCUT2D eigenvalue weighted by atomic mass is 127. The molecule has 0 saturated heterocycles. The second-order valence-corrected chi connectivity index (χ2v) is 6.03. The number of aryl methyl sites for hydroxylation is 1. The Morgan fingerprint density at radius 2 is 2.11 bits per heavy atom. The van der Waals surface area contributed by atoms with Crippen molar-refractivity contribution in [2.75, 3.05) is 0 Å². The van der Waals surface area contributed by atoms with Crippen LogP contribution in [0.1, 0.15) is 35.2 Å². The van der Waals surface area contributed by atoms with Crippen molar-refractivity contribution < 1.29 is 14.7 Å². The molecule has 0 bridgehead atoms. The van der Waals surface area contributed by atoms with Crippen molar-refractivity contribution in [1.82, 2.24) is 5.32 Å². The molecule has 102 valence electrons. The number of carbonyl (C=O) groups is 2. The van der Waals surface area contributed by atoms with Gasteiger partial charge in [0, 0.05) is 9.61 Å². The minimum absolute atomic E-state index is 0.0232. The van der Waals surface area contributed by atoms with Gasteiger partial charge in [0.15, 0.2) is 0 Å². The van der Waals surface area contributed by atoms with Crippen molar-refractivity contribution in [3.05, 3.63) is 32.9 Å². The highest BCUT2D eigenvalue weighted by Gasteiger charge is 2.30. The summed E-state index contributed by atoms with van der Waals surface area (Å²) in [6, 6.07) is 5.61. The Morgan fingerprint density at radius 1 is 1.37 bits per heavy atom. The third-order valence-corrected chi connectivity index (χ3v) is 4.99. The van der Waals surface area contributed by atoms with Crippen molar-refractivity contribution in [2.24, 2.45) is 5.92 Å². The summed E-state index contributed by atoms with van der Waals surface area (Å²) in [5, 5.41) is 11.9. The number of aliphatic carboxylic acids is 1. The van der Waals surface area contributed by atoms with Crippen molar-refractivity contribution in [3.8, 4) is 0 Å². The number of benzene rings is 1. The number of rotatable bonds is 3. The minimum atomic E-state index is -0.762. The average molecular weight is 373 g/mol. The van der Waals surface area contributed by atoms with Gasteiger partial charge in [-0.05, 0) is 60.4 Å². The van der Waals surface area contributed by atoms with Gasteiger partial charge >= 0.3 is 5.97 Å². The van der Waals surface area contributed by atoms with Crippen LogP contribution in [0.5, 0.6) is 0 Å². The maximum atomic E-state index is 12.2. The normalized spacial score (nSPS) is 22.2. The van der Waals surface area contributed by atoms with Gasteiger partial charge in [-0.2, -0.15) is 0 Å². The standard InChI is InChI=1S/C14H16INO3/c1-8-3-2-4-11(12(8)15)13(17)16-10-6-5-9(7-10)14(18)19/h2-4,9-10H,5-7H2,1H3,(H,16,17)(H,18,19)/t9-,10+/m1/s1. The Labute approximate surface area is 125 Å². The lowest BCUT2D eigenvalue weighted by molar-refractivity contribution is -0.141. The summed E-state index contributed by atoms with van der Waals surface area (Å²) >= 11 is 2.17. The molecular weight excluding hydrogens is 357 g/mol. The smallest absolute Gasteiger partial charge is 0.306 e. The lowest BCUT2D eigenvalue weighted by atomic mass is 10.1. The van der Waals surface area contributed by atoms with Crippen LogP contribution in [0.15, 0.2) is 18.2 Å². The van der Waals surface area contributed by atoms with E-state index in [0.29, 0.717) is 18.4 Å². The predicted molar refractivity (Wildman–Crippen MR) is 80.1 cm³/mol. The predicted octanol–water partition coefficient (Wildman–Crippen LogP) is 2.58. The Balaban J connectivity index is 2.02. The summed E-state index contributed by atoms with van der Waals surface area (Å²) in [4.78, 5) is 23.1. The fourth-order valence-corrected chi connectivity index (χ4v) is 3.03. The highest BCUT2D eigenvalue weighted by molar-refractivity contribution is 14.1. The Bertz CT molecular complexity index is 515. The van der Waals surface area contributed by atoms with Gasteiger partial charge in [0.2, 0.25) is 0 Å². The quantitative estimate of drug-likeness (QED) is 0.801. The second kappa shape index (κ2) is 5.90. The molecular formula is C14H16INO3. The number of carbonyl (C=O) groups excluding carboxylic acids is 1. The molecule has 5 heteroatoms. The largest absolute Gasteiger partial charge is 0.481 e. The second-order valence-electron chi connectivity index (χ2n) is 4.96.